The van der Waals surface area contributed by atoms with E-state index >= 15 is 0 Å². The van der Waals surface area contributed by atoms with Gasteiger partial charge in [-0.15, -0.1) is 0 Å². The molecular formula is C66H46N4O2S. The second kappa shape index (κ2) is 18.3. The number of hydrogen-bond donors (Lipinski definition) is 2. The number of nitrogens with one attached hydrogen (secondary N) is 1. The maximum absolute atomic E-state index is 13.9. The quantitative estimate of drug-likeness (QED) is 0.0815. The molecule has 0 aliphatic heterocycles. The first kappa shape index (κ1) is 43.9. The number of nitrogens with zero attached hydrogens (tertiary/aromatic N) is 3. The number of allylic oxidation sites excluding steroid dienone is 18. The van der Waals surface area contributed by atoms with Crippen molar-refractivity contribution < 1.29 is 9.53 Å². The minimum Gasteiger partial charge on any atom is -0.457 e. The molecule has 73 heavy (non-hydrogen) atoms. The van der Waals surface area contributed by atoms with E-state index in [0.717, 1.165) is 78.0 Å². The molecule has 5 aliphatic rings. The Morgan fingerprint density at radius 1 is 0.575 bits per heavy atom. The molecule has 0 saturated heterocycles. The molecule has 0 amide bonds. The molecule has 1 N–H and O–H groups in total. The lowest BCUT2D eigenvalue weighted by molar-refractivity contribution is 0.0473. The summed E-state index contributed by atoms with van der Waals surface area (Å²) in [6, 6.07) is 59.8. The monoisotopic (exact) mass is 958 g/mol. The normalized spacial score (nSPS) is 18.0. The van der Waals surface area contributed by atoms with Crippen LogP contribution in [0, 0.1) is 17.2 Å². The molecule has 5 aliphatic carbocycles. The second-order valence-corrected chi connectivity index (χ2v) is 19.0. The molecule has 0 radical (unpaired) electrons. The molecule has 7 heteroatoms. The zero-order valence-electron chi connectivity index (χ0n) is 39.6. The number of ether oxygens (including phenoxy) is 1. The van der Waals surface area contributed by atoms with Gasteiger partial charge >= 0.3 is 5.97 Å². The van der Waals surface area contributed by atoms with Gasteiger partial charge in [-0.3, -0.25) is 5.41 Å². The first-order valence-electron chi connectivity index (χ1n) is 24.5. The Morgan fingerprint density at radius 2 is 1.14 bits per heavy atom. The van der Waals surface area contributed by atoms with Crippen molar-refractivity contribution in [2.24, 2.45) is 16.2 Å². The minimum absolute atomic E-state index is 0.173. The molecule has 1 heterocycles. The Kier molecular flexibility index (Phi) is 11.0. The number of rotatable bonds is 10. The van der Waals surface area contributed by atoms with Crippen molar-refractivity contribution in [1.82, 2.24) is 4.57 Å². The standard InChI is InChI=1S/C66H46N4O2S/c67-64-54(34-37-60(65(64)68-73)69(52-30-24-45(25-31-52)43-14-6-2-7-15-43)53-32-26-46(27-33-53)44-16-8-3-9-17-44)49-28-35-58-56(38-49)57-39-51(66(71)72-41-42-12-4-1-5-13-42)29-36-59(57)70(58)61-40-50-20-10-18-47-22-23-48-19-11-21-55(61)63(48)62(47)50/h1-40,62-63,67,73H,41H2. The zero-order chi connectivity index (χ0) is 49.0. The van der Waals surface area contributed by atoms with E-state index in [1.54, 1.807) is 0 Å². The van der Waals surface area contributed by atoms with Crippen LogP contribution < -0.4 is 4.90 Å². The Labute approximate surface area is 429 Å². The first-order valence-corrected chi connectivity index (χ1v) is 24.9. The van der Waals surface area contributed by atoms with Crippen LogP contribution in [0.15, 0.2) is 275 Å². The van der Waals surface area contributed by atoms with Gasteiger partial charge in [-0.1, -0.05) is 170 Å². The van der Waals surface area contributed by atoms with Crippen molar-refractivity contribution in [3.05, 3.63) is 287 Å². The third-order valence-electron chi connectivity index (χ3n) is 14.7. The van der Waals surface area contributed by atoms with E-state index in [1.807, 2.05) is 72.8 Å². The number of thiol groups is 1. The summed E-state index contributed by atoms with van der Waals surface area (Å²) in [5.41, 5.74) is 18.8. The van der Waals surface area contributed by atoms with E-state index < -0.39 is 5.97 Å². The summed E-state index contributed by atoms with van der Waals surface area (Å²) in [7, 11) is 0. The highest BCUT2D eigenvalue weighted by Crippen LogP contribution is 2.53. The van der Waals surface area contributed by atoms with Crippen LogP contribution in [-0.4, -0.2) is 22.0 Å². The molecule has 348 valence electrons. The van der Waals surface area contributed by atoms with Gasteiger partial charge in [-0.05, 0) is 141 Å². The molecule has 6 nitrogen and oxygen atoms in total. The number of fused-ring (bicyclic) bond motifs is 3. The lowest BCUT2D eigenvalue weighted by atomic mass is 9.63. The molecule has 0 bridgehead atoms. The molecule has 13 rings (SSSR count). The third kappa shape index (κ3) is 7.73. The van der Waals surface area contributed by atoms with Crippen LogP contribution in [-0.2, 0) is 11.3 Å². The van der Waals surface area contributed by atoms with Gasteiger partial charge in [0.05, 0.1) is 33.7 Å². The molecular weight excluding hydrogens is 913 g/mol. The molecule has 0 fully saturated rings. The van der Waals surface area contributed by atoms with E-state index in [4.69, 9.17) is 4.74 Å². The van der Waals surface area contributed by atoms with Gasteiger partial charge in [0.25, 0.3) is 0 Å². The summed E-state index contributed by atoms with van der Waals surface area (Å²) >= 11 is 4.58. The summed E-state index contributed by atoms with van der Waals surface area (Å²) in [4.78, 5) is 16.0. The number of carbonyl (C=O) groups is 1. The summed E-state index contributed by atoms with van der Waals surface area (Å²) in [5.74, 6) is 0.0334. The highest BCUT2D eigenvalue weighted by molar-refractivity contribution is 7.79. The fourth-order valence-corrected chi connectivity index (χ4v) is 11.4. The van der Waals surface area contributed by atoms with Crippen LogP contribution in [0.4, 0.5) is 11.4 Å². The molecule has 8 aromatic rings. The number of carbonyl (C=O) groups excluding carboxylic acids is 1. The van der Waals surface area contributed by atoms with Crippen molar-refractivity contribution in [1.29, 1.82) is 5.41 Å². The first-order chi connectivity index (χ1) is 36.0. The topological polar surface area (TPSA) is 70.7 Å². The SMILES string of the molecule is N=C1C(c2ccc3c(c2)c2cc(C(=O)OCc4ccccc4)ccc2n3C2=CC3=CC=CC4=CC=C5C=CC=C2C5C43)=CC=C(N(c2ccc(-c3ccccc3)cc2)c2ccc(-c3ccccc3)cc2)C1=NS. The Balaban J connectivity index is 0.941. The Hall–Kier alpha value is -9.04. The molecule has 1 aromatic heterocycles. The largest absolute Gasteiger partial charge is 0.457 e. The molecule has 0 saturated carbocycles. The van der Waals surface area contributed by atoms with E-state index in [2.05, 4.69) is 197 Å². The predicted octanol–water partition coefficient (Wildman–Crippen LogP) is 15.9. The second-order valence-electron chi connectivity index (χ2n) is 18.8. The summed E-state index contributed by atoms with van der Waals surface area (Å²) in [6.45, 7) is 0.173. The highest BCUT2D eigenvalue weighted by atomic mass is 32.1. The van der Waals surface area contributed by atoms with Gasteiger partial charge in [0.1, 0.15) is 12.3 Å². The van der Waals surface area contributed by atoms with Crippen LogP contribution in [0.25, 0.3) is 55.3 Å². The fourth-order valence-electron chi connectivity index (χ4n) is 11.2. The average Bonchev–Trinajstić information content (AvgIpc) is 3.78. The smallest absolute Gasteiger partial charge is 0.338 e. The third-order valence-corrected chi connectivity index (χ3v) is 14.9. The number of aromatic nitrogens is 1. The van der Waals surface area contributed by atoms with Gasteiger partial charge in [0.2, 0.25) is 0 Å². The van der Waals surface area contributed by atoms with Crippen LogP contribution in [0.5, 0.6) is 0 Å². The highest BCUT2D eigenvalue weighted by Gasteiger charge is 2.40. The Bertz CT molecular complexity index is 3840. The zero-order valence-corrected chi connectivity index (χ0v) is 40.5. The van der Waals surface area contributed by atoms with Crippen molar-refractivity contribution in [2.45, 2.75) is 6.61 Å². The molecule has 7 aromatic carbocycles. The van der Waals surface area contributed by atoms with Gasteiger partial charge in [0.15, 0.2) is 0 Å². The predicted molar refractivity (Wildman–Crippen MR) is 303 cm³/mol. The van der Waals surface area contributed by atoms with E-state index in [0.29, 0.717) is 16.8 Å². The molecule has 2 unspecified atom stereocenters. The average molecular weight is 959 g/mol. The van der Waals surface area contributed by atoms with Crippen LogP contribution in [0.3, 0.4) is 0 Å². The van der Waals surface area contributed by atoms with E-state index in [-0.39, 0.29) is 24.2 Å². The minimum atomic E-state index is -0.392. The van der Waals surface area contributed by atoms with Crippen molar-refractivity contribution in [3.63, 3.8) is 0 Å². The number of hydrogen-bond acceptors (Lipinski definition) is 6. The molecule has 0 spiro atoms. The number of anilines is 2. The van der Waals surface area contributed by atoms with Crippen molar-refractivity contribution in [3.8, 4) is 22.3 Å². The maximum atomic E-state index is 13.9. The fraction of sp³-hybridized carbons (Fsp3) is 0.0455. The van der Waals surface area contributed by atoms with Crippen LogP contribution in [0.2, 0.25) is 0 Å². The summed E-state index contributed by atoms with van der Waals surface area (Å²) in [5, 5.41) is 11.8. The Morgan fingerprint density at radius 3 is 1.78 bits per heavy atom. The maximum Gasteiger partial charge on any atom is 0.338 e. The summed E-state index contributed by atoms with van der Waals surface area (Å²) < 4.78 is 12.8. The van der Waals surface area contributed by atoms with Gasteiger partial charge in [-0.25, -0.2) is 9.19 Å². The lowest BCUT2D eigenvalue weighted by Crippen LogP contribution is -2.30. The van der Waals surface area contributed by atoms with E-state index in [9.17, 15) is 10.2 Å². The van der Waals surface area contributed by atoms with Crippen molar-refractivity contribution >= 4 is 74.7 Å². The van der Waals surface area contributed by atoms with Crippen molar-refractivity contribution in [2.75, 3.05) is 4.90 Å². The van der Waals surface area contributed by atoms with Crippen LogP contribution in [0.1, 0.15) is 21.5 Å². The lowest BCUT2D eigenvalue weighted by Gasteiger charge is -2.41. The summed E-state index contributed by atoms with van der Waals surface area (Å²) in [6.07, 6.45) is 24.2. The molecule has 2 atom stereocenters. The van der Waals surface area contributed by atoms with Gasteiger partial charge in [0, 0.05) is 39.6 Å². The van der Waals surface area contributed by atoms with E-state index in [1.165, 1.54) is 22.3 Å². The number of benzene rings is 7. The van der Waals surface area contributed by atoms with Crippen LogP contribution >= 0.6 is 12.8 Å². The van der Waals surface area contributed by atoms with Gasteiger partial charge in [-0.2, -0.15) is 0 Å². The van der Waals surface area contributed by atoms with Gasteiger partial charge < -0.3 is 14.2 Å². The number of esters is 1.